The van der Waals surface area contributed by atoms with Gasteiger partial charge >= 0.3 is 0 Å². The zero-order valence-electron chi connectivity index (χ0n) is 8.39. The maximum atomic E-state index is 10.6. The molecule has 92 valence electrons. The van der Waals surface area contributed by atoms with Crippen LogP contribution in [-0.2, 0) is 4.74 Å². The van der Waals surface area contributed by atoms with Gasteiger partial charge in [0, 0.05) is 11.3 Å². The Kier molecular flexibility index (Phi) is 3.99. The maximum Gasteiger partial charge on any atom is 0.246 e. The summed E-state index contributed by atoms with van der Waals surface area (Å²) < 4.78 is 4.91. The van der Waals surface area contributed by atoms with Crippen molar-refractivity contribution in [3.63, 3.8) is 0 Å². The van der Waals surface area contributed by atoms with Gasteiger partial charge in [-0.2, -0.15) is 0 Å². The normalized spacial score (nSPS) is 34.4. The molecule has 4 atom stereocenters. The Bertz CT molecular complexity index is 293. The summed E-state index contributed by atoms with van der Waals surface area (Å²) in [5.41, 5.74) is 10.2. The molecule has 0 aromatic heterocycles. The Morgan fingerprint density at radius 1 is 1.56 bits per heavy atom. The third-order valence-electron chi connectivity index (χ3n) is 2.27. The summed E-state index contributed by atoms with van der Waals surface area (Å²) in [5.74, 6) is -0.165. The standard InChI is InChI=1S/C7H14N4O5/c8-7(9)10-2-3-1-4(11(14)15)5(12)6(13)16-3/h3-6,12-13H,1-2H2,(H4,8,9,10)/t3?,4?,5?,6-/m1/s1. The lowest BCUT2D eigenvalue weighted by atomic mass is 10.0. The fourth-order valence-corrected chi connectivity index (χ4v) is 1.47. The number of aliphatic hydroxyl groups is 2. The summed E-state index contributed by atoms with van der Waals surface area (Å²) in [6, 6.07) is -1.28. The van der Waals surface area contributed by atoms with Gasteiger partial charge in [0.1, 0.15) is 0 Å². The van der Waals surface area contributed by atoms with Gasteiger partial charge in [0.15, 0.2) is 18.4 Å². The average molecular weight is 234 g/mol. The monoisotopic (exact) mass is 234 g/mol. The van der Waals surface area contributed by atoms with Gasteiger partial charge in [0.05, 0.1) is 12.6 Å². The molecular formula is C7H14N4O5. The van der Waals surface area contributed by atoms with E-state index < -0.39 is 29.5 Å². The molecule has 9 nitrogen and oxygen atoms in total. The van der Waals surface area contributed by atoms with Gasteiger partial charge in [-0.1, -0.05) is 0 Å². The van der Waals surface area contributed by atoms with Crippen molar-refractivity contribution in [2.75, 3.05) is 6.54 Å². The van der Waals surface area contributed by atoms with Crippen LogP contribution in [-0.4, -0.2) is 52.2 Å². The Labute approximate surface area is 90.9 Å². The van der Waals surface area contributed by atoms with Gasteiger partial charge in [0.25, 0.3) is 0 Å². The molecule has 0 amide bonds. The maximum absolute atomic E-state index is 10.6. The first-order valence-corrected chi connectivity index (χ1v) is 4.62. The molecule has 9 heteroatoms. The highest BCUT2D eigenvalue weighted by Gasteiger charge is 2.43. The third-order valence-corrected chi connectivity index (χ3v) is 2.27. The lowest BCUT2D eigenvalue weighted by Gasteiger charge is -2.31. The van der Waals surface area contributed by atoms with Gasteiger partial charge in [-0.15, -0.1) is 0 Å². The van der Waals surface area contributed by atoms with Crippen molar-refractivity contribution in [3.05, 3.63) is 10.1 Å². The molecule has 0 aliphatic carbocycles. The van der Waals surface area contributed by atoms with Crippen molar-refractivity contribution in [1.29, 1.82) is 0 Å². The Hall–Kier alpha value is -1.45. The van der Waals surface area contributed by atoms with Crippen LogP contribution in [0.1, 0.15) is 6.42 Å². The number of hydrogen-bond acceptors (Lipinski definition) is 6. The number of ether oxygens (including phenoxy) is 1. The smallest absolute Gasteiger partial charge is 0.246 e. The summed E-state index contributed by atoms with van der Waals surface area (Å²) in [5, 5.41) is 29.1. The number of aliphatic hydroxyl groups excluding tert-OH is 2. The second-order valence-corrected chi connectivity index (χ2v) is 3.49. The highest BCUT2D eigenvalue weighted by atomic mass is 16.6. The van der Waals surface area contributed by atoms with Crippen LogP contribution >= 0.6 is 0 Å². The van der Waals surface area contributed by atoms with Gasteiger partial charge in [-0.25, -0.2) is 0 Å². The molecule has 1 saturated heterocycles. The molecular weight excluding hydrogens is 220 g/mol. The van der Waals surface area contributed by atoms with E-state index in [1.807, 2.05) is 0 Å². The van der Waals surface area contributed by atoms with Crippen molar-refractivity contribution in [3.8, 4) is 0 Å². The van der Waals surface area contributed by atoms with E-state index in [9.17, 15) is 20.3 Å². The first-order valence-electron chi connectivity index (χ1n) is 4.62. The molecule has 0 aromatic carbocycles. The van der Waals surface area contributed by atoms with E-state index >= 15 is 0 Å². The van der Waals surface area contributed by atoms with E-state index in [0.717, 1.165) is 0 Å². The fourth-order valence-electron chi connectivity index (χ4n) is 1.47. The van der Waals surface area contributed by atoms with E-state index in [2.05, 4.69) is 4.99 Å². The summed E-state index contributed by atoms with van der Waals surface area (Å²) in [7, 11) is 0. The zero-order valence-corrected chi connectivity index (χ0v) is 8.39. The summed E-state index contributed by atoms with van der Waals surface area (Å²) in [4.78, 5) is 13.6. The number of hydrogen-bond donors (Lipinski definition) is 4. The third kappa shape index (κ3) is 3.02. The van der Waals surface area contributed by atoms with E-state index in [-0.39, 0.29) is 18.9 Å². The molecule has 6 N–H and O–H groups in total. The van der Waals surface area contributed by atoms with Gasteiger partial charge in [-0.05, 0) is 0 Å². The second-order valence-electron chi connectivity index (χ2n) is 3.49. The van der Waals surface area contributed by atoms with Crippen LogP contribution in [0.2, 0.25) is 0 Å². The second kappa shape index (κ2) is 5.05. The largest absolute Gasteiger partial charge is 0.381 e. The molecule has 3 unspecified atom stereocenters. The van der Waals surface area contributed by atoms with Crippen LogP contribution in [0.3, 0.4) is 0 Å². The van der Waals surface area contributed by atoms with E-state index in [1.54, 1.807) is 0 Å². The number of nitrogens with zero attached hydrogens (tertiary/aromatic N) is 2. The number of aliphatic imine (C=N–C) groups is 1. The minimum Gasteiger partial charge on any atom is -0.381 e. The molecule has 0 bridgehead atoms. The van der Waals surface area contributed by atoms with Gasteiger partial charge in [0.2, 0.25) is 6.04 Å². The number of guanidine groups is 1. The van der Waals surface area contributed by atoms with E-state index in [4.69, 9.17) is 16.2 Å². The Morgan fingerprint density at radius 2 is 2.19 bits per heavy atom. The first-order chi connectivity index (χ1) is 7.41. The van der Waals surface area contributed by atoms with Crippen LogP contribution < -0.4 is 11.5 Å². The lowest BCUT2D eigenvalue weighted by Crippen LogP contribution is -2.52. The van der Waals surface area contributed by atoms with Crippen molar-refractivity contribution in [2.24, 2.45) is 16.5 Å². The molecule has 1 aliphatic rings. The Balaban J connectivity index is 2.63. The number of rotatable bonds is 3. The van der Waals surface area contributed by atoms with Crippen LogP contribution in [0.5, 0.6) is 0 Å². The van der Waals surface area contributed by atoms with Crippen molar-refractivity contribution < 1.29 is 19.9 Å². The minimum atomic E-state index is -1.59. The van der Waals surface area contributed by atoms with Gasteiger partial charge < -0.3 is 26.4 Å². The zero-order chi connectivity index (χ0) is 12.3. The van der Waals surface area contributed by atoms with Crippen molar-refractivity contribution in [1.82, 2.24) is 0 Å². The van der Waals surface area contributed by atoms with E-state index in [1.165, 1.54) is 0 Å². The highest BCUT2D eigenvalue weighted by molar-refractivity contribution is 5.75. The molecule has 0 spiro atoms. The summed E-state index contributed by atoms with van der Waals surface area (Å²) in [6.07, 6.45) is -3.87. The molecule has 0 radical (unpaired) electrons. The molecule has 16 heavy (non-hydrogen) atoms. The molecule has 1 aliphatic heterocycles. The lowest BCUT2D eigenvalue weighted by molar-refractivity contribution is -0.550. The summed E-state index contributed by atoms with van der Waals surface area (Å²) in [6.45, 7) is 0.0104. The predicted molar refractivity (Wildman–Crippen MR) is 53.0 cm³/mol. The molecule has 1 heterocycles. The molecule has 1 fully saturated rings. The quantitative estimate of drug-likeness (QED) is 0.180. The minimum absolute atomic E-state index is 0.0104. The van der Waals surface area contributed by atoms with E-state index in [0.29, 0.717) is 0 Å². The van der Waals surface area contributed by atoms with Gasteiger partial charge in [-0.3, -0.25) is 15.1 Å². The average Bonchev–Trinajstić information content (AvgIpc) is 2.19. The molecule has 0 aromatic rings. The topological polar surface area (TPSA) is 157 Å². The van der Waals surface area contributed by atoms with Crippen LogP contribution in [0.4, 0.5) is 0 Å². The first kappa shape index (κ1) is 12.6. The number of nitrogens with two attached hydrogens (primary N) is 2. The fraction of sp³-hybridized carbons (Fsp3) is 0.857. The van der Waals surface area contributed by atoms with Crippen LogP contribution in [0.25, 0.3) is 0 Å². The Morgan fingerprint density at radius 3 is 2.69 bits per heavy atom. The summed E-state index contributed by atoms with van der Waals surface area (Å²) >= 11 is 0. The van der Waals surface area contributed by atoms with Crippen LogP contribution in [0.15, 0.2) is 4.99 Å². The predicted octanol–water partition coefficient (Wildman–Crippen LogP) is -2.63. The van der Waals surface area contributed by atoms with Crippen LogP contribution in [0, 0.1) is 10.1 Å². The molecule has 1 rings (SSSR count). The number of nitro groups is 1. The SMILES string of the molecule is NC(N)=NCC1CC([N+](=O)[O-])C(O)[C@H](O)O1. The highest BCUT2D eigenvalue weighted by Crippen LogP contribution is 2.21. The van der Waals surface area contributed by atoms with Crippen molar-refractivity contribution in [2.45, 2.75) is 31.0 Å². The van der Waals surface area contributed by atoms with Crippen molar-refractivity contribution >= 4 is 5.96 Å². The molecule has 0 saturated carbocycles.